The van der Waals surface area contributed by atoms with E-state index in [4.69, 9.17) is 5.73 Å². The van der Waals surface area contributed by atoms with Crippen LogP contribution in [0.3, 0.4) is 0 Å². The minimum Gasteiger partial charge on any atom is -0.384 e. The Labute approximate surface area is 93.4 Å². The monoisotopic (exact) mass is 218 g/mol. The number of nitrogens with one attached hydrogen (secondary N) is 1. The molecule has 0 spiro atoms. The highest BCUT2D eigenvalue weighted by molar-refractivity contribution is 5.81. The summed E-state index contributed by atoms with van der Waals surface area (Å²) in [7, 11) is 0. The number of aromatic amines is 1. The molecule has 0 saturated heterocycles. The average molecular weight is 218 g/mol. The number of anilines is 1. The minimum atomic E-state index is 0.190. The van der Waals surface area contributed by atoms with Crippen LogP contribution in [0.5, 0.6) is 0 Å². The van der Waals surface area contributed by atoms with Gasteiger partial charge in [0, 0.05) is 42.9 Å². The Kier molecular flexibility index (Phi) is 3.14. The second-order valence-corrected chi connectivity index (χ2v) is 3.86. The first kappa shape index (κ1) is 10.6. The van der Waals surface area contributed by atoms with Crippen molar-refractivity contribution in [3.05, 3.63) is 30.2 Å². The molecule has 0 aliphatic heterocycles. The van der Waals surface area contributed by atoms with Gasteiger partial charge in [0.2, 0.25) is 0 Å². The van der Waals surface area contributed by atoms with E-state index in [-0.39, 0.29) is 5.92 Å². The van der Waals surface area contributed by atoms with E-state index in [9.17, 15) is 4.79 Å². The molecule has 1 aromatic rings. The van der Waals surface area contributed by atoms with Crippen molar-refractivity contribution in [2.24, 2.45) is 0 Å². The maximum absolute atomic E-state index is 11.2. The SMILES string of the molecule is Nc1cc(C2CCC(=O)C2)ncccn[nH]1. The van der Waals surface area contributed by atoms with Crippen molar-refractivity contribution in [3.8, 4) is 0 Å². The lowest BCUT2D eigenvalue weighted by Crippen LogP contribution is -1.97. The van der Waals surface area contributed by atoms with Crippen LogP contribution in [0.2, 0.25) is 0 Å². The van der Waals surface area contributed by atoms with Crippen LogP contribution in [-0.2, 0) is 4.79 Å². The maximum atomic E-state index is 11.2. The van der Waals surface area contributed by atoms with E-state index in [1.54, 1.807) is 24.5 Å². The van der Waals surface area contributed by atoms with E-state index >= 15 is 0 Å². The molecule has 1 heterocycles. The molecule has 1 unspecified atom stereocenters. The van der Waals surface area contributed by atoms with Crippen LogP contribution in [-0.4, -0.2) is 21.0 Å². The van der Waals surface area contributed by atoms with E-state index in [1.807, 2.05) is 0 Å². The summed E-state index contributed by atoms with van der Waals surface area (Å²) in [4.78, 5) is 15.5. The molecule has 0 radical (unpaired) electrons. The average Bonchev–Trinajstić information content (AvgIpc) is 2.70. The molecule has 1 atom stereocenters. The molecule has 1 aliphatic rings. The lowest BCUT2D eigenvalue weighted by Gasteiger charge is -2.04. The summed E-state index contributed by atoms with van der Waals surface area (Å²) in [6, 6.07) is 3.46. The molecule has 1 fully saturated rings. The number of nitrogens with two attached hydrogens (primary N) is 1. The Bertz CT molecular complexity index is 439. The van der Waals surface area contributed by atoms with Crippen LogP contribution in [0.25, 0.3) is 0 Å². The first-order valence-corrected chi connectivity index (χ1v) is 5.26. The lowest BCUT2D eigenvalue weighted by molar-refractivity contribution is -0.117. The molecule has 0 amide bonds. The Morgan fingerprint density at radius 3 is 3.06 bits per heavy atom. The zero-order chi connectivity index (χ0) is 11.4. The third-order valence-corrected chi connectivity index (χ3v) is 2.63. The molecule has 1 saturated carbocycles. The quantitative estimate of drug-likeness (QED) is 0.745. The van der Waals surface area contributed by atoms with E-state index < -0.39 is 0 Å². The number of nitrogen functional groups attached to an aromatic ring is 1. The van der Waals surface area contributed by atoms with Crippen LogP contribution >= 0.6 is 0 Å². The molecule has 16 heavy (non-hydrogen) atoms. The second-order valence-electron chi connectivity index (χ2n) is 3.86. The number of hydrogen-bond acceptors (Lipinski definition) is 4. The number of H-pyrrole nitrogens is 1. The molecule has 1 aliphatic carbocycles. The van der Waals surface area contributed by atoms with Crippen molar-refractivity contribution in [2.45, 2.75) is 25.2 Å². The Hall–Kier alpha value is -1.91. The highest BCUT2D eigenvalue weighted by Gasteiger charge is 2.24. The molecular formula is C11H14N4O. The molecular weight excluding hydrogens is 204 g/mol. The van der Waals surface area contributed by atoms with E-state index in [0.717, 1.165) is 12.1 Å². The number of rotatable bonds is 1. The zero-order valence-corrected chi connectivity index (χ0v) is 8.89. The van der Waals surface area contributed by atoms with Gasteiger partial charge < -0.3 is 5.73 Å². The molecule has 0 bridgehead atoms. The van der Waals surface area contributed by atoms with Crippen molar-refractivity contribution in [1.82, 2.24) is 15.2 Å². The van der Waals surface area contributed by atoms with Gasteiger partial charge in [-0.25, -0.2) is 0 Å². The van der Waals surface area contributed by atoms with Gasteiger partial charge in [0.1, 0.15) is 11.6 Å². The molecule has 3 N–H and O–H groups in total. The van der Waals surface area contributed by atoms with Gasteiger partial charge in [-0.05, 0) is 12.5 Å². The van der Waals surface area contributed by atoms with Gasteiger partial charge in [0.15, 0.2) is 0 Å². The lowest BCUT2D eigenvalue weighted by atomic mass is 10.0. The fraction of sp³-hybridized carbons (Fsp3) is 0.364. The molecule has 5 heteroatoms. The third kappa shape index (κ3) is 2.56. The van der Waals surface area contributed by atoms with Crippen LogP contribution in [0.15, 0.2) is 24.5 Å². The van der Waals surface area contributed by atoms with Gasteiger partial charge in [0.25, 0.3) is 0 Å². The largest absolute Gasteiger partial charge is 0.384 e. The van der Waals surface area contributed by atoms with Gasteiger partial charge in [-0.1, -0.05) is 0 Å². The Morgan fingerprint density at radius 2 is 2.31 bits per heavy atom. The summed E-state index contributed by atoms with van der Waals surface area (Å²) in [5.74, 6) is 0.932. The van der Waals surface area contributed by atoms with Crippen LogP contribution in [0.1, 0.15) is 30.9 Å². The first-order chi connectivity index (χ1) is 7.75. The van der Waals surface area contributed by atoms with Crippen LogP contribution in [0.4, 0.5) is 5.82 Å². The predicted molar refractivity (Wildman–Crippen MR) is 60.0 cm³/mol. The summed E-state index contributed by atoms with van der Waals surface area (Å²) >= 11 is 0. The Morgan fingerprint density at radius 1 is 1.44 bits per heavy atom. The topological polar surface area (TPSA) is 84.7 Å². The summed E-state index contributed by atoms with van der Waals surface area (Å²) in [5, 5.41) is 6.53. The van der Waals surface area contributed by atoms with Gasteiger partial charge >= 0.3 is 0 Å². The molecule has 84 valence electrons. The second kappa shape index (κ2) is 4.74. The van der Waals surface area contributed by atoms with Gasteiger partial charge in [-0.15, -0.1) is 0 Å². The first-order valence-electron chi connectivity index (χ1n) is 5.26. The van der Waals surface area contributed by atoms with E-state index in [1.165, 1.54) is 0 Å². The maximum Gasteiger partial charge on any atom is 0.133 e. The number of hydrogen-bond donors (Lipinski definition) is 2. The number of ketones is 1. The fourth-order valence-corrected chi connectivity index (χ4v) is 1.84. The van der Waals surface area contributed by atoms with Crippen molar-refractivity contribution in [3.63, 3.8) is 0 Å². The summed E-state index contributed by atoms with van der Waals surface area (Å²) < 4.78 is 0. The molecule has 1 aromatic heterocycles. The van der Waals surface area contributed by atoms with E-state index in [2.05, 4.69) is 15.2 Å². The zero-order valence-electron chi connectivity index (χ0n) is 8.89. The van der Waals surface area contributed by atoms with Crippen molar-refractivity contribution >= 4 is 11.6 Å². The highest BCUT2D eigenvalue weighted by atomic mass is 16.1. The summed E-state index contributed by atoms with van der Waals surface area (Å²) in [6.45, 7) is 0. The normalized spacial score (nSPS) is 19.5. The fourth-order valence-electron chi connectivity index (χ4n) is 1.84. The third-order valence-electron chi connectivity index (χ3n) is 2.63. The number of aromatic nitrogens is 3. The predicted octanol–water partition coefficient (Wildman–Crippen LogP) is 1.35. The van der Waals surface area contributed by atoms with Crippen molar-refractivity contribution in [1.29, 1.82) is 0 Å². The van der Waals surface area contributed by atoms with Gasteiger partial charge in [-0.2, -0.15) is 5.10 Å². The van der Waals surface area contributed by atoms with Crippen LogP contribution in [0, 0.1) is 0 Å². The van der Waals surface area contributed by atoms with Gasteiger partial charge in [0.05, 0.1) is 0 Å². The van der Waals surface area contributed by atoms with Crippen LogP contribution < -0.4 is 5.73 Å². The summed E-state index contributed by atoms with van der Waals surface area (Å²) in [6.07, 6.45) is 5.31. The molecule has 0 aromatic carbocycles. The number of carbonyl (C=O) groups excluding carboxylic acids is 1. The number of nitrogens with zero attached hydrogens (tertiary/aromatic N) is 2. The summed E-state index contributed by atoms with van der Waals surface area (Å²) in [5.41, 5.74) is 6.55. The van der Waals surface area contributed by atoms with Crippen molar-refractivity contribution in [2.75, 3.05) is 5.73 Å². The molecule has 2 rings (SSSR count). The standard InChI is InChI=1S/C11H14N4O/c12-11-7-10(8-2-3-9(16)6-8)13-4-1-5-14-15-11/h1,4-5,7-8,15H,2-3,6,12H2. The molecule has 5 nitrogen and oxygen atoms in total. The Balaban J connectivity index is 2.37. The van der Waals surface area contributed by atoms with Gasteiger partial charge in [-0.3, -0.25) is 14.9 Å². The van der Waals surface area contributed by atoms with E-state index in [0.29, 0.717) is 24.4 Å². The smallest absolute Gasteiger partial charge is 0.133 e. The number of Topliss-reactive ketones (excluding diaryl/α,β-unsaturated/α-hetero) is 1. The van der Waals surface area contributed by atoms with Crippen molar-refractivity contribution < 1.29 is 4.79 Å². The number of carbonyl (C=O) groups is 1. The minimum absolute atomic E-state index is 0.190. The highest BCUT2D eigenvalue weighted by Crippen LogP contribution is 2.30.